The van der Waals surface area contributed by atoms with Crippen molar-refractivity contribution in [1.29, 1.82) is 5.26 Å². The summed E-state index contributed by atoms with van der Waals surface area (Å²) in [6.45, 7) is 4.42. The zero-order chi connectivity index (χ0) is 16.7. The Morgan fingerprint density at radius 1 is 1.17 bits per heavy atom. The lowest BCUT2D eigenvalue weighted by Gasteiger charge is -2.08. The van der Waals surface area contributed by atoms with Gasteiger partial charge in [0.1, 0.15) is 12.4 Å². The van der Waals surface area contributed by atoms with Crippen LogP contribution in [0.4, 0.5) is 0 Å². The molecule has 0 aliphatic rings. The number of carbonyl (C=O) groups excluding carboxylic acids is 1. The third-order valence-corrected chi connectivity index (χ3v) is 3.52. The minimum atomic E-state index is 0.132. The second-order valence-electron chi connectivity index (χ2n) is 5.55. The van der Waals surface area contributed by atoms with Crippen LogP contribution in [-0.2, 0) is 0 Å². The smallest absolute Gasteiger partial charge is 0.153 e. The number of nitriles is 1. The van der Waals surface area contributed by atoms with Crippen LogP contribution in [0, 0.1) is 11.3 Å². The van der Waals surface area contributed by atoms with Crippen LogP contribution in [0.15, 0.2) is 54.1 Å². The van der Waals surface area contributed by atoms with Gasteiger partial charge < -0.3 is 4.74 Å². The molecule has 0 saturated heterocycles. The summed E-state index contributed by atoms with van der Waals surface area (Å²) in [6.07, 6.45) is 2.55. The van der Waals surface area contributed by atoms with E-state index in [2.05, 4.69) is 32.0 Å². The highest BCUT2D eigenvalue weighted by atomic mass is 16.5. The molecule has 0 aliphatic carbocycles. The summed E-state index contributed by atoms with van der Waals surface area (Å²) in [7, 11) is 0. The van der Waals surface area contributed by atoms with Gasteiger partial charge in [-0.05, 0) is 35.3 Å². The molecule has 0 aliphatic heterocycles. The third-order valence-electron chi connectivity index (χ3n) is 3.52. The van der Waals surface area contributed by atoms with E-state index >= 15 is 0 Å². The lowest BCUT2D eigenvalue weighted by atomic mass is 10.0. The number of para-hydroxylation sites is 1. The predicted octanol–water partition coefficient (Wildman–Crippen LogP) is 4.61. The fourth-order valence-electron chi connectivity index (χ4n) is 2.15. The van der Waals surface area contributed by atoms with Crippen LogP contribution in [-0.4, -0.2) is 12.9 Å². The highest BCUT2D eigenvalue weighted by molar-refractivity contribution is 5.79. The zero-order valence-corrected chi connectivity index (χ0v) is 13.3. The van der Waals surface area contributed by atoms with Gasteiger partial charge in [0.05, 0.1) is 17.2 Å². The van der Waals surface area contributed by atoms with Gasteiger partial charge in [-0.2, -0.15) is 5.26 Å². The molecule has 2 aromatic rings. The molecule has 0 atom stereocenters. The van der Waals surface area contributed by atoms with Crippen molar-refractivity contribution >= 4 is 12.4 Å². The van der Waals surface area contributed by atoms with E-state index in [1.165, 1.54) is 5.56 Å². The first-order valence-corrected chi connectivity index (χ1v) is 7.51. The Bertz CT molecular complexity index is 737. The number of nitrogens with zero attached hydrogens (tertiary/aromatic N) is 1. The maximum absolute atomic E-state index is 11.0. The second-order valence-corrected chi connectivity index (χ2v) is 5.55. The van der Waals surface area contributed by atoms with Crippen LogP contribution < -0.4 is 4.74 Å². The summed E-state index contributed by atoms with van der Waals surface area (Å²) in [4.78, 5) is 11.0. The molecule has 116 valence electrons. The average molecular weight is 305 g/mol. The highest BCUT2D eigenvalue weighted by Crippen LogP contribution is 2.18. The number of aldehydes is 1. The van der Waals surface area contributed by atoms with Gasteiger partial charge in [0.15, 0.2) is 6.29 Å². The maximum atomic E-state index is 11.0. The number of benzene rings is 2. The standard InChI is InChI=1S/C20H19NO2/c1-15(2)18-9-7-16(8-10-18)11-17(12-21)14-23-20-6-4-3-5-19(20)13-22/h3-11,13,15H,14H2,1-2H3/b17-11+. The molecule has 2 aromatic carbocycles. The molecule has 0 saturated carbocycles. The Balaban J connectivity index is 2.10. The van der Waals surface area contributed by atoms with E-state index in [-0.39, 0.29) is 6.61 Å². The molecule has 0 N–H and O–H groups in total. The number of ether oxygens (including phenoxy) is 1. The first kappa shape index (κ1) is 16.5. The Morgan fingerprint density at radius 3 is 2.48 bits per heavy atom. The monoisotopic (exact) mass is 305 g/mol. The molecule has 0 aromatic heterocycles. The molecular weight excluding hydrogens is 286 g/mol. The SMILES string of the molecule is CC(C)c1ccc(/C=C(\C#N)COc2ccccc2C=O)cc1. The van der Waals surface area contributed by atoms with E-state index in [1.54, 1.807) is 30.3 Å². The quantitative estimate of drug-likeness (QED) is 0.578. The summed E-state index contributed by atoms with van der Waals surface area (Å²) < 4.78 is 5.59. The summed E-state index contributed by atoms with van der Waals surface area (Å²) in [6, 6.07) is 17.2. The fourth-order valence-corrected chi connectivity index (χ4v) is 2.15. The van der Waals surface area contributed by atoms with Gasteiger partial charge in [-0.1, -0.05) is 50.2 Å². The lowest BCUT2D eigenvalue weighted by molar-refractivity contribution is 0.112. The van der Waals surface area contributed by atoms with E-state index in [0.29, 0.717) is 22.8 Å². The summed E-state index contributed by atoms with van der Waals surface area (Å²) in [5.74, 6) is 0.963. The Morgan fingerprint density at radius 2 is 1.87 bits per heavy atom. The minimum absolute atomic E-state index is 0.132. The van der Waals surface area contributed by atoms with E-state index in [4.69, 9.17) is 4.74 Å². The van der Waals surface area contributed by atoms with E-state index in [9.17, 15) is 10.1 Å². The summed E-state index contributed by atoms with van der Waals surface area (Å²) >= 11 is 0. The fraction of sp³-hybridized carbons (Fsp3) is 0.200. The topological polar surface area (TPSA) is 50.1 Å². The highest BCUT2D eigenvalue weighted by Gasteiger charge is 2.04. The number of rotatable bonds is 6. The number of hydrogen-bond acceptors (Lipinski definition) is 3. The van der Waals surface area contributed by atoms with Crippen molar-refractivity contribution in [2.24, 2.45) is 0 Å². The predicted molar refractivity (Wildman–Crippen MR) is 91.4 cm³/mol. The summed E-state index contributed by atoms with van der Waals surface area (Å²) in [5.41, 5.74) is 3.20. The van der Waals surface area contributed by atoms with Crippen molar-refractivity contribution in [2.45, 2.75) is 19.8 Å². The molecular formula is C20H19NO2. The van der Waals surface area contributed by atoms with Crippen LogP contribution in [0.5, 0.6) is 5.75 Å². The molecule has 0 unspecified atom stereocenters. The molecule has 2 rings (SSSR count). The van der Waals surface area contributed by atoms with Crippen LogP contribution in [0.3, 0.4) is 0 Å². The van der Waals surface area contributed by atoms with Crippen molar-refractivity contribution in [3.8, 4) is 11.8 Å². The Hall–Kier alpha value is -2.86. The normalized spacial score (nSPS) is 11.1. The first-order valence-electron chi connectivity index (χ1n) is 7.51. The second kappa shape index (κ2) is 7.95. The summed E-state index contributed by atoms with van der Waals surface area (Å²) in [5, 5.41) is 9.27. The van der Waals surface area contributed by atoms with Gasteiger partial charge in [-0.25, -0.2) is 0 Å². The van der Waals surface area contributed by atoms with Gasteiger partial charge in [-0.15, -0.1) is 0 Å². The number of carbonyl (C=O) groups is 1. The Kier molecular flexibility index (Phi) is 5.71. The van der Waals surface area contributed by atoms with E-state index in [1.807, 2.05) is 12.1 Å². The minimum Gasteiger partial charge on any atom is -0.487 e. The molecule has 0 spiro atoms. The molecule has 0 fully saturated rings. The van der Waals surface area contributed by atoms with E-state index < -0.39 is 0 Å². The van der Waals surface area contributed by atoms with Gasteiger partial charge in [0.25, 0.3) is 0 Å². The van der Waals surface area contributed by atoms with Crippen molar-refractivity contribution in [3.63, 3.8) is 0 Å². The molecule has 3 nitrogen and oxygen atoms in total. The van der Waals surface area contributed by atoms with Crippen LogP contribution >= 0.6 is 0 Å². The van der Waals surface area contributed by atoms with Gasteiger partial charge in [0, 0.05) is 0 Å². The van der Waals surface area contributed by atoms with Crippen LogP contribution in [0.1, 0.15) is 41.3 Å². The molecule has 0 heterocycles. The molecule has 0 radical (unpaired) electrons. The Labute approximate surface area is 136 Å². The first-order chi connectivity index (χ1) is 11.1. The maximum Gasteiger partial charge on any atom is 0.153 e. The number of hydrogen-bond donors (Lipinski definition) is 0. The molecule has 0 bridgehead atoms. The van der Waals surface area contributed by atoms with E-state index in [0.717, 1.165) is 11.8 Å². The zero-order valence-electron chi connectivity index (χ0n) is 13.3. The average Bonchev–Trinajstić information content (AvgIpc) is 2.59. The van der Waals surface area contributed by atoms with Crippen molar-refractivity contribution in [3.05, 3.63) is 70.8 Å². The molecule has 3 heteroatoms. The van der Waals surface area contributed by atoms with Crippen LogP contribution in [0.25, 0.3) is 6.08 Å². The van der Waals surface area contributed by atoms with Gasteiger partial charge in [-0.3, -0.25) is 4.79 Å². The van der Waals surface area contributed by atoms with Crippen molar-refractivity contribution in [2.75, 3.05) is 6.61 Å². The van der Waals surface area contributed by atoms with Crippen molar-refractivity contribution in [1.82, 2.24) is 0 Å². The van der Waals surface area contributed by atoms with Crippen molar-refractivity contribution < 1.29 is 9.53 Å². The lowest BCUT2D eigenvalue weighted by Crippen LogP contribution is -2.02. The molecule has 0 amide bonds. The van der Waals surface area contributed by atoms with Gasteiger partial charge >= 0.3 is 0 Å². The largest absolute Gasteiger partial charge is 0.487 e. The van der Waals surface area contributed by atoms with Gasteiger partial charge in [0.2, 0.25) is 0 Å². The third kappa shape index (κ3) is 4.55. The molecule has 23 heavy (non-hydrogen) atoms. The van der Waals surface area contributed by atoms with Crippen LogP contribution in [0.2, 0.25) is 0 Å².